The minimum atomic E-state index is 0.216. The van der Waals surface area contributed by atoms with Gasteiger partial charge in [-0.05, 0) is 43.5 Å². The molecule has 1 aliphatic heterocycles. The Labute approximate surface area is 139 Å². The lowest BCUT2D eigenvalue weighted by atomic mass is 10.1. The molecule has 3 aromatic rings. The number of likely N-dealkylation sites (tertiary alicyclic amines) is 1. The number of ketones is 1. The molecule has 4 rings (SSSR count). The lowest BCUT2D eigenvalue weighted by Gasteiger charge is -2.13. The molecule has 0 amide bonds. The molecule has 6 nitrogen and oxygen atoms in total. The van der Waals surface area contributed by atoms with Crippen LogP contribution in [0.5, 0.6) is 0 Å². The van der Waals surface area contributed by atoms with Gasteiger partial charge >= 0.3 is 0 Å². The fourth-order valence-electron chi connectivity index (χ4n) is 3.11. The highest BCUT2D eigenvalue weighted by atomic mass is 16.3. The topological polar surface area (TPSA) is 72.1 Å². The Morgan fingerprint density at radius 1 is 1.08 bits per heavy atom. The zero-order valence-electron chi connectivity index (χ0n) is 13.3. The predicted octanol–water partition coefficient (Wildman–Crippen LogP) is 2.49. The number of aromatic nitrogens is 3. The van der Waals surface area contributed by atoms with Crippen LogP contribution in [0.4, 0.5) is 0 Å². The van der Waals surface area contributed by atoms with Crippen LogP contribution in [0.2, 0.25) is 0 Å². The third-order valence-electron chi connectivity index (χ3n) is 4.32. The van der Waals surface area contributed by atoms with Gasteiger partial charge in [0.2, 0.25) is 0 Å². The molecule has 6 heteroatoms. The minimum Gasteiger partial charge on any atom is -0.442 e. The van der Waals surface area contributed by atoms with Gasteiger partial charge in [-0.2, -0.15) is 0 Å². The van der Waals surface area contributed by atoms with Crippen molar-refractivity contribution >= 4 is 16.6 Å². The van der Waals surface area contributed by atoms with E-state index in [4.69, 9.17) is 4.42 Å². The molecule has 0 bridgehead atoms. The summed E-state index contributed by atoms with van der Waals surface area (Å²) >= 11 is 0. The van der Waals surface area contributed by atoms with Crippen molar-refractivity contribution in [3.63, 3.8) is 0 Å². The number of fused-ring (bicyclic) bond motifs is 1. The first kappa shape index (κ1) is 15.0. The Kier molecular flexibility index (Phi) is 4.04. The van der Waals surface area contributed by atoms with Crippen LogP contribution in [-0.4, -0.2) is 45.3 Å². The standard InChI is InChI=1S/C18H18N4O2/c23-16(11-22-3-1-2-4-22)7-15-5-13-6-17(18-10-19-12-24-18)21-9-14(13)8-20-15/h5-6,8-10,12H,1-4,7,11H2. The van der Waals surface area contributed by atoms with Crippen LogP contribution in [0.3, 0.4) is 0 Å². The largest absolute Gasteiger partial charge is 0.442 e. The Balaban J connectivity index is 1.54. The normalized spacial score (nSPS) is 15.2. The van der Waals surface area contributed by atoms with Crippen LogP contribution in [0.1, 0.15) is 18.5 Å². The Morgan fingerprint density at radius 3 is 2.71 bits per heavy atom. The number of Topliss-reactive ketones (excluding diaryl/α,β-unsaturated/α-hetero) is 1. The van der Waals surface area contributed by atoms with Crippen LogP contribution in [0.25, 0.3) is 22.2 Å². The van der Waals surface area contributed by atoms with Crippen molar-refractivity contribution in [2.75, 3.05) is 19.6 Å². The van der Waals surface area contributed by atoms with E-state index in [0.717, 1.165) is 35.2 Å². The fraction of sp³-hybridized carbons (Fsp3) is 0.333. The van der Waals surface area contributed by atoms with Gasteiger partial charge in [-0.15, -0.1) is 0 Å². The lowest BCUT2D eigenvalue weighted by Crippen LogP contribution is -2.27. The first-order valence-corrected chi connectivity index (χ1v) is 8.15. The average molecular weight is 322 g/mol. The zero-order valence-corrected chi connectivity index (χ0v) is 13.3. The van der Waals surface area contributed by atoms with Gasteiger partial charge in [0, 0.05) is 23.5 Å². The monoisotopic (exact) mass is 322 g/mol. The summed E-state index contributed by atoms with van der Waals surface area (Å²) < 4.78 is 5.29. The van der Waals surface area contributed by atoms with E-state index in [2.05, 4.69) is 19.9 Å². The third kappa shape index (κ3) is 3.19. The second-order valence-corrected chi connectivity index (χ2v) is 6.16. The first-order valence-electron chi connectivity index (χ1n) is 8.15. The maximum Gasteiger partial charge on any atom is 0.181 e. The molecule has 122 valence electrons. The predicted molar refractivity (Wildman–Crippen MR) is 89.4 cm³/mol. The average Bonchev–Trinajstić information content (AvgIpc) is 3.27. The molecule has 3 aromatic heterocycles. The molecular formula is C18H18N4O2. The summed E-state index contributed by atoms with van der Waals surface area (Å²) in [6, 6.07) is 3.89. The number of oxazole rings is 1. The Bertz CT molecular complexity index is 855. The molecule has 4 heterocycles. The number of pyridine rings is 2. The molecular weight excluding hydrogens is 304 g/mol. The molecule has 0 atom stereocenters. The molecule has 0 unspecified atom stereocenters. The summed E-state index contributed by atoms with van der Waals surface area (Å²) in [6.45, 7) is 2.59. The minimum absolute atomic E-state index is 0.216. The maximum atomic E-state index is 12.2. The van der Waals surface area contributed by atoms with E-state index in [1.54, 1.807) is 18.6 Å². The van der Waals surface area contributed by atoms with Crippen molar-refractivity contribution in [3.8, 4) is 11.5 Å². The van der Waals surface area contributed by atoms with Gasteiger partial charge in [-0.1, -0.05) is 0 Å². The summed E-state index contributed by atoms with van der Waals surface area (Å²) in [5, 5.41) is 1.93. The number of rotatable bonds is 5. The van der Waals surface area contributed by atoms with E-state index in [0.29, 0.717) is 18.7 Å². The molecule has 0 saturated carbocycles. The summed E-state index contributed by atoms with van der Waals surface area (Å²) in [5.74, 6) is 0.841. The van der Waals surface area contributed by atoms with Crippen LogP contribution in [0.15, 0.2) is 41.5 Å². The van der Waals surface area contributed by atoms with Gasteiger partial charge < -0.3 is 4.42 Å². The van der Waals surface area contributed by atoms with Gasteiger partial charge in [0.1, 0.15) is 5.69 Å². The van der Waals surface area contributed by atoms with E-state index in [1.807, 2.05) is 12.1 Å². The number of carbonyl (C=O) groups is 1. The molecule has 24 heavy (non-hydrogen) atoms. The summed E-state index contributed by atoms with van der Waals surface area (Å²) in [4.78, 5) is 27.1. The van der Waals surface area contributed by atoms with Gasteiger partial charge in [-0.25, -0.2) is 4.98 Å². The Morgan fingerprint density at radius 2 is 1.92 bits per heavy atom. The fourth-order valence-corrected chi connectivity index (χ4v) is 3.11. The molecule has 0 aliphatic carbocycles. The lowest BCUT2D eigenvalue weighted by molar-refractivity contribution is -0.119. The number of nitrogens with zero attached hydrogens (tertiary/aromatic N) is 4. The van der Waals surface area contributed by atoms with Gasteiger partial charge in [0.25, 0.3) is 0 Å². The van der Waals surface area contributed by atoms with Crippen LogP contribution in [-0.2, 0) is 11.2 Å². The highest BCUT2D eigenvalue weighted by molar-refractivity contribution is 5.86. The summed E-state index contributed by atoms with van der Waals surface area (Å²) in [7, 11) is 0. The van der Waals surface area contributed by atoms with E-state index < -0.39 is 0 Å². The zero-order chi connectivity index (χ0) is 16.4. The molecule has 0 radical (unpaired) electrons. The summed E-state index contributed by atoms with van der Waals surface area (Å²) in [5.41, 5.74) is 1.52. The van der Waals surface area contributed by atoms with Gasteiger partial charge in [0.15, 0.2) is 17.9 Å². The summed E-state index contributed by atoms with van der Waals surface area (Å²) in [6.07, 6.45) is 9.30. The van der Waals surface area contributed by atoms with Crippen molar-refractivity contribution in [1.82, 2.24) is 19.9 Å². The molecule has 1 fully saturated rings. The van der Waals surface area contributed by atoms with Gasteiger partial charge in [0.05, 0.1) is 19.2 Å². The van der Waals surface area contributed by atoms with Crippen molar-refractivity contribution in [3.05, 3.63) is 42.8 Å². The maximum absolute atomic E-state index is 12.2. The number of hydrogen-bond acceptors (Lipinski definition) is 6. The quantitative estimate of drug-likeness (QED) is 0.718. The van der Waals surface area contributed by atoms with E-state index in [-0.39, 0.29) is 5.78 Å². The van der Waals surface area contributed by atoms with E-state index in [1.165, 1.54) is 19.2 Å². The van der Waals surface area contributed by atoms with Gasteiger partial charge in [-0.3, -0.25) is 19.7 Å². The molecule has 0 aromatic carbocycles. The third-order valence-corrected chi connectivity index (χ3v) is 4.32. The second kappa shape index (κ2) is 6.49. The van der Waals surface area contributed by atoms with Crippen molar-refractivity contribution in [2.45, 2.75) is 19.3 Å². The number of carbonyl (C=O) groups excluding carboxylic acids is 1. The molecule has 0 N–H and O–H groups in total. The van der Waals surface area contributed by atoms with Crippen molar-refractivity contribution in [2.24, 2.45) is 0 Å². The van der Waals surface area contributed by atoms with Crippen LogP contribution < -0.4 is 0 Å². The van der Waals surface area contributed by atoms with Crippen LogP contribution >= 0.6 is 0 Å². The molecule has 1 aliphatic rings. The first-order chi connectivity index (χ1) is 11.8. The second-order valence-electron chi connectivity index (χ2n) is 6.16. The van der Waals surface area contributed by atoms with Crippen LogP contribution in [0, 0.1) is 0 Å². The molecule has 0 spiro atoms. The highest BCUT2D eigenvalue weighted by Crippen LogP contribution is 2.22. The van der Waals surface area contributed by atoms with Crippen molar-refractivity contribution in [1.29, 1.82) is 0 Å². The number of hydrogen-bond donors (Lipinski definition) is 0. The highest BCUT2D eigenvalue weighted by Gasteiger charge is 2.16. The van der Waals surface area contributed by atoms with E-state index >= 15 is 0 Å². The smallest absolute Gasteiger partial charge is 0.181 e. The van der Waals surface area contributed by atoms with E-state index in [9.17, 15) is 4.79 Å². The SMILES string of the molecule is O=C(Cc1cc2cc(-c3cnco3)ncc2cn1)CN1CCCC1. The van der Waals surface area contributed by atoms with Crippen molar-refractivity contribution < 1.29 is 9.21 Å². The molecule has 1 saturated heterocycles. The Hall–Kier alpha value is -2.60.